The quantitative estimate of drug-likeness (QED) is 0.831. The Morgan fingerprint density at radius 2 is 1.91 bits per heavy atom. The highest BCUT2D eigenvalue weighted by molar-refractivity contribution is 5.85. The van der Waals surface area contributed by atoms with E-state index in [4.69, 9.17) is 5.73 Å². The minimum Gasteiger partial charge on any atom is -0.352 e. The lowest BCUT2D eigenvalue weighted by molar-refractivity contribution is -0.121. The van der Waals surface area contributed by atoms with Crippen LogP contribution in [0.4, 0.5) is 0 Å². The SMILES string of the molecule is CC(N)CC(=O)NCc1ccc(Cn2cncn2)cc1.Cl.Cl. The smallest absolute Gasteiger partial charge is 0.221 e. The van der Waals surface area contributed by atoms with Crippen LogP contribution < -0.4 is 11.1 Å². The fraction of sp³-hybridized carbons (Fsp3) is 0.357. The second-order valence-corrected chi connectivity index (χ2v) is 4.87. The van der Waals surface area contributed by atoms with Crippen molar-refractivity contribution in [3.63, 3.8) is 0 Å². The number of nitrogens with two attached hydrogens (primary N) is 1. The molecule has 22 heavy (non-hydrogen) atoms. The zero-order valence-electron chi connectivity index (χ0n) is 12.3. The number of aromatic nitrogens is 3. The average molecular weight is 346 g/mol. The van der Waals surface area contributed by atoms with Crippen LogP contribution in [-0.2, 0) is 17.9 Å². The molecule has 6 nitrogen and oxygen atoms in total. The lowest BCUT2D eigenvalue weighted by Gasteiger charge is -2.08. The van der Waals surface area contributed by atoms with Gasteiger partial charge in [-0.25, -0.2) is 9.67 Å². The molecule has 0 spiro atoms. The van der Waals surface area contributed by atoms with E-state index in [0.29, 0.717) is 19.5 Å². The van der Waals surface area contributed by atoms with Crippen LogP contribution >= 0.6 is 24.8 Å². The summed E-state index contributed by atoms with van der Waals surface area (Å²) in [5.41, 5.74) is 7.77. The molecule has 1 amide bonds. The summed E-state index contributed by atoms with van der Waals surface area (Å²) in [7, 11) is 0. The molecule has 2 aromatic rings. The van der Waals surface area contributed by atoms with E-state index in [2.05, 4.69) is 15.4 Å². The predicted molar refractivity (Wildman–Crippen MR) is 90.2 cm³/mol. The minimum atomic E-state index is -0.111. The lowest BCUT2D eigenvalue weighted by atomic mass is 10.1. The molecule has 0 saturated heterocycles. The molecule has 0 saturated carbocycles. The largest absolute Gasteiger partial charge is 0.352 e. The number of benzene rings is 1. The third kappa shape index (κ3) is 6.89. The van der Waals surface area contributed by atoms with E-state index in [1.165, 1.54) is 6.33 Å². The summed E-state index contributed by atoms with van der Waals surface area (Å²) in [6, 6.07) is 7.93. The summed E-state index contributed by atoms with van der Waals surface area (Å²) in [6.45, 7) is 3.03. The lowest BCUT2D eigenvalue weighted by Crippen LogP contribution is -2.29. The zero-order valence-corrected chi connectivity index (χ0v) is 13.9. The number of hydrogen-bond donors (Lipinski definition) is 2. The van der Waals surface area contributed by atoms with Crippen LogP contribution in [0.5, 0.6) is 0 Å². The highest BCUT2D eigenvalue weighted by Gasteiger charge is 2.04. The first-order chi connectivity index (χ1) is 9.63. The third-order valence-corrected chi connectivity index (χ3v) is 2.83. The number of carbonyl (C=O) groups is 1. The molecule has 3 N–H and O–H groups in total. The standard InChI is InChI=1S/C14H19N5O.2ClH/c1-11(15)6-14(20)17-7-12-2-4-13(5-3-12)8-19-10-16-9-18-19;;/h2-5,9-11H,6-8,15H2,1H3,(H,17,20);2*1H. The van der Waals surface area contributed by atoms with Crippen molar-refractivity contribution < 1.29 is 4.79 Å². The Balaban J connectivity index is 0.00000220. The van der Waals surface area contributed by atoms with Crippen molar-refractivity contribution in [2.45, 2.75) is 32.5 Å². The van der Waals surface area contributed by atoms with Gasteiger partial charge >= 0.3 is 0 Å². The van der Waals surface area contributed by atoms with Gasteiger partial charge in [-0.1, -0.05) is 24.3 Å². The minimum absolute atomic E-state index is 0. The van der Waals surface area contributed by atoms with Crippen LogP contribution in [0, 0.1) is 0 Å². The van der Waals surface area contributed by atoms with E-state index < -0.39 is 0 Å². The van der Waals surface area contributed by atoms with Gasteiger partial charge in [-0.3, -0.25) is 4.79 Å². The van der Waals surface area contributed by atoms with Crippen LogP contribution in [0.2, 0.25) is 0 Å². The van der Waals surface area contributed by atoms with E-state index in [1.54, 1.807) is 11.0 Å². The molecule has 0 fully saturated rings. The van der Waals surface area contributed by atoms with Crippen LogP contribution in [0.3, 0.4) is 0 Å². The number of nitrogens with one attached hydrogen (secondary N) is 1. The topological polar surface area (TPSA) is 85.8 Å². The van der Waals surface area contributed by atoms with Gasteiger partial charge in [0.1, 0.15) is 12.7 Å². The van der Waals surface area contributed by atoms with E-state index in [1.807, 2.05) is 31.2 Å². The highest BCUT2D eigenvalue weighted by atomic mass is 35.5. The Labute approximate surface area is 142 Å². The maximum atomic E-state index is 11.5. The van der Waals surface area contributed by atoms with Crippen LogP contribution in [0.15, 0.2) is 36.9 Å². The van der Waals surface area contributed by atoms with Crippen molar-refractivity contribution in [2.24, 2.45) is 5.73 Å². The maximum Gasteiger partial charge on any atom is 0.221 e. The fourth-order valence-corrected chi connectivity index (χ4v) is 1.83. The first-order valence-electron chi connectivity index (χ1n) is 6.56. The van der Waals surface area contributed by atoms with Gasteiger partial charge in [-0.2, -0.15) is 5.10 Å². The number of nitrogens with zero attached hydrogens (tertiary/aromatic N) is 3. The maximum absolute atomic E-state index is 11.5. The number of carbonyl (C=O) groups excluding carboxylic acids is 1. The Hall–Kier alpha value is -1.63. The predicted octanol–water partition coefficient (Wildman–Crippen LogP) is 1.52. The summed E-state index contributed by atoms with van der Waals surface area (Å²) in [5, 5.41) is 6.91. The van der Waals surface area contributed by atoms with Crippen LogP contribution in [0.25, 0.3) is 0 Å². The van der Waals surface area contributed by atoms with Gasteiger partial charge in [0, 0.05) is 19.0 Å². The van der Waals surface area contributed by atoms with Crippen molar-refractivity contribution in [3.05, 3.63) is 48.0 Å². The summed E-state index contributed by atoms with van der Waals surface area (Å²) in [6.07, 6.45) is 3.55. The zero-order chi connectivity index (χ0) is 14.4. The number of amides is 1. The Kier molecular flexibility index (Phi) is 9.40. The van der Waals surface area contributed by atoms with Gasteiger partial charge in [-0.15, -0.1) is 24.8 Å². The summed E-state index contributed by atoms with van der Waals surface area (Å²) < 4.78 is 1.76. The molecule has 0 bridgehead atoms. The molecule has 1 heterocycles. The Bertz CT molecular complexity index is 543. The molecule has 122 valence electrons. The summed E-state index contributed by atoms with van der Waals surface area (Å²) in [4.78, 5) is 15.4. The molecule has 0 aliphatic carbocycles. The average Bonchev–Trinajstić information content (AvgIpc) is 2.90. The van der Waals surface area contributed by atoms with Crippen molar-refractivity contribution in [1.29, 1.82) is 0 Å². The van der Waals surface area contributed by atoms with Crippen molar-refractivity contribution in [2.75, 3.05) is 0 Å². The van der Waals surface area contributed by atoms with Crippen molar-refractivity contribution >= 4 is 30.7 Å². The number of rotatable bonds is 6. The number of hydrogen-bond acceptors (Lipinski definition) is 4. The van der Waals surface area contributed by atoms with Gasteiger partial charge in [0.05, 0.1) is 6.54 Å². The van der Waals surface area contributed by atoms with Gasteiger partial charge < -0.3 is 11.1 Å². The monoisotopic (exact) mass is 345 g/mol. The second-order valence-electron chi connectivity index (χ2n) is 4.87. The highest BCUT2D eigenvalue weighted by Crippen LogP contribution is 2.06. The second kappa shape index (κ2) is 10.2. The first-order valence-corrected chi connectivity index (χ1v) is 6.56. The fourth-order valence-electron chi connectivity index (χ4n) is 1.83. The van der Waals surface area contributed by atoms with E-state index in [0.717, 1.165) is 11.1 Å². The van der Waals surface area contributed by atoms with Gasteiger partial charge in [0.25, 0.3) is 0 Å². The molecule has 8 heteroatoms. The van der Waals surface area contributed by atoms with Crippen molar-refractivity contribution in [3.8, 4) is 0 Å². The van der Waals surface area contributed by atoms with Crippen LogP contribution in [-0.4, -0.2) is 26.7 Å². The molecular weight excluding hydrogens is 325 g/mol. The summed E-state index contributed by atoms with van der Waals surface area (Å²) >= 11 is 0. The molecule has 0 radical (unpaired) electrons. The molecular formula is C14H21Cl2N5O. The summed E-state index contributed by atoms with van der Waals surface area (Å²) in [5.74, 6) is -0.0216. The molecule has 1 aromatic carbocycles. The van der Waals surface area contributed by atoms with E-state index in [9.17, 15) is 4.79 Å². The van der Waals surface area contributed by atoms with Gasteiger partial charge in [0.2, 0.25) is 5.91 Å². The number of halogens is 2. The van der Waals surface area contributed by atoms with Crippen LogP contribution in [0.1, 0.15) is 24.5 Å². The van der Waals surface area contributed by atoms with Gasteiger partial charge in [-0.05, 0) is 18.1 Å². The normalized spacial score (nSPS) is 11.0. The molecule has 1 atom stereocenters. The molecule has 1 unspecified atom stereocenters. The molecule has 0 aliphatic rings. The first kappa shape index (κ1) is 20.4. The van der Waals surface area contributed by atoms with Gasteiger partial charge in [0.15, 0.2) is 0 Å². The van der Waals surface area contributed by atoms with E-state index >= 15 is 0 Å². The molecule has 0 aliphatic heterocycles. The molecule has 1 aromatic heterocycles. The Morgan fingerprint density at radius 3 is 2.45 bits per heavy atom. The Morgan fingerprint density at radius 1 is 1.27 bits per heavy atom. The third-order valence-electron chi connectivity index (χ3n) is 2.83. The van der Waals surface area contributed by atoms with Crippen molar-refractivity contribution in [1.82, 2.24) is 20.1 Å². The molecule has 2 rings (SSSR count). The van der Waals surface area contributed by atoms with E-state index in [-0.39, 0.29) is 36.8 Å².